The lowest BCUT2D eigenvalue weighted by Gasteiger charge is -2.25. The van der Waals surface area contributed by atoms with Gasteiger partial charge in [0.1, 0.15) is 0 Å². The van der Waals surface area contributed by atoms with E-state index in [9.17, 15) is 13.2 Å². The number of urea groups is 1. The number of hydrogen-bond acceptors (Lipinski definition) is 4. The van der Waals surface area contributed by atoms with E-state index in [4.69, 9.17) is 0 Å². The number of rotatable bonds is 8. The number of amides is 2. The second-order valence-corrected chi connectivity index (χ2v) is 8.11. The zero-order chi connectivity index (χ0) is 15.1. The zero-order valence-corrected chi connectivity index (χ0v) is 13.4. The lowest BCUT2D eigenvalue weighted by atomic mass is 9.86. The largest absolute Gasteiger partial charge is 0.337 e. The molecule has 0 spiro atoms. The SMILES string of the molecule is O=C(NCCS(=O)(=O)NCC1CCC1)NCc1cccs1. The highest BCUT2D eigenvalue weighted by Crippen LogP contribution is 2.25. The Balaban J connectivity index is 1.57. The predicted molar refractivity (Wildman–Crippen MR) is 83.7 cm³/mol. The molecule has 0 saturated heterocycles. The van der Waals surface area contributed by atoms with E-state index in [2.05, 4.69) is 15.4 Å². The van der Waals surface area contributed by atoms with E-state index in [0.717, 1.165) is 17.7 Å². The summed E-state index contributed by atoms with van der Waals surface area (Å²) >= 11 is 1.56. The van der Waals surface area contributed by atoms with Crippen LogP contribution in [0.2, 0.25) is 0 Å². The van der Waals surface area contributed by atoms with Crippen LogP contribution < -0.4 is 15.4 Å². The van der Waals surface area contributed by atoms with Gasteiger partial charge in [-0.15, -0.1) is 11.3 Å². The van der Waals surface area contributed by atoms with E-state index >= 15 is 0 Å². The Kier molecular flexibility index (Phi) is 6.01. The van der Waals surface area contributed by atoms with Gasteiger partial charge in [-0.2, -0.15) is 0 Å². The molecule has 3 N–H and O–H groups in total. The minimum atomic E-state index is -3.30. The highest BCUT2D eigenvalue weighted by Gasteiger charge is 2.20. The standard InChI is InChI=1S/C13H21N3O3S2/c17-13(15-10-12-5-2-7-20-12)14-6-8-21(18,19)16-9-11-3-1-4-11/h2,5,7,11,16H,1,3-4,6,8-10H2,(H2,14,15,17). The quantitative estimate of drug-likeness (QED) is 0.670. The van der Waals surface area contributed by atoms with Crippen molar-refractivity contribution in [3.05, 3.63) is 22.4 Å². The first-order chi connectivity index (χ1) is 10.1. The second kappa shape index (κ2) is 7.77. The molecule has 0 unspecified atom stereocenters. The monoisotopic (exact) mass is 331 g/mol. The summed E-state index contributed by atoms with van der Waals surface area (Å²) in [4.78, 5) is 12.6. The van der Waals surface area contributed by atoms with Crippen molar-refractivity contribution in [1.82, 2.24) is 15.4 Å². The number of nitrogens with one attached hydrogen (secondary N) is 3. The third kappa shape index (κ3) is 6.03. The van der Waals surface area contributed by atoms with Crippen LogP contribution in [-0.2, 0) is 16.6 Å². The predicted octanol–water partition coefficient (Wildman–Crippen LogP) is 1.27. The molecule has 0 atom stereocenters. The molecule has 1 heterocycles. The van der Waals surface area contributed by atoms with Gasteiger partial charge in [0.25, 0.3) is 0 Å². The minimum Gasteiger partial charge on any atom is -0.337 e. The second-order valence-electron chi connectivity index (χ2n) is 5.15. The molecule has 0 aliphatic heterocycles. The third-order valence-corrected chi connectivity index (χ3v) is 5.70. The summed E-state index contributed by atoms with van der Waals surface area (Å²) in [7, 11) is -3.30. The van der Waals surface area contributed by atoms with Crippen LogP contribution in [0.3, 0.4) is 0 Å². The molecular weight excluding hydrogens is 310 g/mol. The average molecular weight is 331 g/mol. The van der Waals surface area contributed by atoms with Crippen LogP contribution >= 0.6 is 11.3 Å². The van der Waals surface area contributed by atoms with Gasteiger partial charge in [-0.25, -0.2) is 17.9 Å². The van der Waals surface area contributed by atoms with E-state index in [1.165, 1.54) is 6.42 Å². The lowest BCUT2D eigenvalue weighted by molar-refractivity contribution is 0.241. The number of carbonyl (C=O) groups is 1. The average Bonchev–Trinajstić information content (AvgIpc) is 2.87. The van der Waals surface area contributed by atoms with Gasteiger partial charge >= 0.3 is 6.03 Å². The molecule has 0 aromatic carbocycles. The van der Waals surface area contributed by atoms with Gasteiger partial charge in [0, 0.05) is 18.0 Å². The van der Waals surface area contributed by atoms with Gasteiger partial charge < -0.3 is 10.6 Å². The molecule has 8 heteroatoms. The number of sulfonamides is 1. The summed E-state index contributed by atoms with van der Waals surface area (Å²) in [5.74, 6) is 0.397. The molecule has 1 fully saturated rings. The molecule has 2 rings (SSSR count). The van der Waals surface area contributed by atoms with Crippen molar-refractivity contribution in [2.24, 2.45) is 5.92 Å². The molecule has 1 aromatic rings. The molecule has 6 nitrogen and oxygen atoms in total. The molecule has 1 saturated carbocycles. The summed E-state index contributed by atoms with van der Waals surface area (Å²) in [6.07, 6.45) is 3.40. The van der Waals surface area contributed by atoms with Crippen molar-refractivity contribution in [3.63, 3.8) is 0 Å². The van der Waals surface area contributed by atoms with Crippen LogP contribution in [0.25, 0.3) is 0 Å². The summed E-state index contributed by atoms with van der Waals surface area (Å²) in [5, 5.41) is 7.18. The van der Waals surface area contributed by atoms with Crippen molar-refractivity contribution in [1.29, 1.82) is 0 Å². The van der Waals surface area contributed by atoms with Crippen LogP contribution in [0.15, 0.2) is 17.5 Å². The highest BCUT2D eigenvalue weighted by atomic mass is 32.2. The first-order valence-corrected chi connectivity index (χ1v) is 9.60. The number of thiophene rings is 1. The highest BCUT2D eigenvalue weighted by molar-refractivity contribution is 7.89. The summed E-state index contributed by atoms with van der Waals surface area (Å²) in [6.45, 7) is 1.08. The van der Waals surface area contributed by atoms with E-state index in [1.807, 2.05) is 17.5 Å². The van der Waals surface area contributed by atoms with E-state index in [1.54, 1.807) is 11.3 Å². The molecule has 21 heavy (non-hydrogen) atoms. The Morgan fingerprint density at radius 1 is 1.33 bits per heavy atom. The Hall–Kier alpha value is -1.12. The minimum absolute atomic E-state index is 0.0911. The summed E-state index contributed by atoms with van der Waals surface area (Å²) < 4.78 is 26.0. The molecular formula is C13H21N3O3S2. The van der Waals surface area contributed by atoms with Gasteiger partial charge in [-0.3, -0.25) is 0 Å². The van der Waals surface area contributed by atoms with Gasteiger partial charge in [-0.05, 0) is 30.2 Å². The molecule has 0 radical (unpaired) electrons. The molecule has 1 aliphatic carbocycles. The maximum atomic E-state index is 11.7. The zero-order valence-electron chi connectivity index (χ0n) is 11.8. The first kappa shape index (κ1) is 16.3. The third-order valence-electron chi connectivity index (χ3n) is 3.48. The fourth-order valence-corrected chi connectivity index (χ4v) is 3.61. The Labute approximate surface area is 129 Å². The smallest absolute Gasteiger partial charge is 0.315 e. The summed E-state index contributed by atoms with van der Waals surface area (Å²) in [5.41, 5.74) is 0. The van der Waals surface area contributed by atoms with E-state index < -0.39 is 10.0 Å². The fraction of sp³-hybridized carbons (Fsp3) is 0.615. The molecule has 2 amide bonds. The van der Waals surface area contributed by atoms with Crippen LogP contribution in [0, 0.1) is 5.92 Å². The van der Waals surface area contributed by atoms with Crippen molar-refractivity contribution < 1.29 is 13.2 Å². The van der Waals surface area contributed by atoms with Gasteiger partial charge in [-0.1, -0.05) is 12.5 Å². The number of carbonyl (C=O) groups excluding carboxylic acids is 1. The maximum Gasteiger partial charge on any atom is 0.315 e. The fourth-order valence-electron chi connectivity index (χ4n) is 1.96. The molecule has 118 valence electrons. The number of hydrogen-bond donors (Lipinski definition) is 3. The summed E-state index contributed by atoms with van der Waals surface area (Å²) in [6, 6.07) is 3.50. The van der Waals surface area contributed by atoms with Crippen LogP contribution in [-0.4, -0.2) is 33.3 Å². The van der Waals surface area contributed by atoms with Crippen LogP contribution in [0.1, 0.15) is 24.1 Å². The van der Waals surface area contributed by atoms with E-state index in [-0.39, 0.29) is 18.3 Å². The molecule has 0 bridgehead atoms. The first-order valence-electron chi connectivity index (χ1n) is 7.06. The Morgan fingerprint density at radius 3 is 2.76 bits per heavy atom. The molecule has 1 aliphatic rings. The Bertz CT molecular complexity index is 539. The van der Waals surface area contributed by atoms with Crippen molar-refractivity contribution in [3.8, 4) is 0 Å². The lowest BCUT2D eigenvalue weighted by Crippen LogP contribution is -2.40. The topological polar surface area (TPSA) is 87.3 Å². The van der Waals surface area contributed by atoms with Gasteiger partial charge in [0.2, 0.25) is 10.0 Å². The maximum absolute atomic E-state index is 11.7. The van der Waals surface area contributed by atoms with Gasteiger partial charge in [0.05, 0.1) is 12.3 Å². The van der Waals surface area contributed by atoms with Crippen LogP contribution in [0.4, 0.5) is 4.79 Å². The van der Waals surface area contributed by atoms with Crippen molar-refractivity contribution >= 4 is 27.4 Å². The molecule has 1 aromatic heterocycles. The Morgan fingerprint density at radius 2 is 2.14 bits per heavy atom. The van der Waals surface area contributed by atoms with E-state index in [0.29, 0.717) is 19.0 Å². The van der Waals surface area contributed by atoms with Crippen molar-refractivity contribution in [2.45, 2.75) is 25.8 Å². The van der Waals surface area contributed by atoms with Gasteiger partial charge in [0.15, 0.2) is 0 Å². The normalized spacial score (nSPS) is 15.4. The van der Waals surface area contributed by atoms with Crippen LogP contribution in [0.5, 0.6) is 0 Å². The van der Waals surface area contributed by atoms with Crippen molar-refractivity contribution in [2.75, 3.05) is 18.8 Å².